The highest BCUT2D eigenvalue weighted by molar-refractivity contribution is 5.84. The molecule has 4 rings (SSSR count). The normalized spacial score (nSPS) is 19.5. The van der Waals surface area contributed by atoms with Crippen molar-refractivity contribution in [3.63, 3.8) is 0 Å². The first-order valence-corrected chi connectivity index (χ1v) is 12.2. The van der Waals surface area contributed by atoms with Gasteiger partial charge in [0.2, 0.25) is 5.91 Å². The van der Waals surface area contributed by atoms with E-state index in [2.05, 4.69) is 34.9 Å². The quantitative estimate of drug-likeness (QED) is 0.495. The van der Waals surface area contributed by atoms with Crippen LogP contribution in [0.5, 0.6) is 0 Å². The maximum atomic E-state index is 13.0. The van der Waals surface area contributed by atoms with Crippen LogP contribution in [-0.4, -0.2) is 42.3 Å². The summed E-state index contributed by atoms with van der Waals surface area (Å²) in [5.74, 6) is -1.50. The minimum atomic E-state index is -0.909. The fraction of sp³-hybridized carbons (Fsp3) is 0.464. The lowest BCUT2D eigenvalue weighted by atomic mass is 9.77. The second kappa shape index (κ2) is 9.72. The van der Waals surface area contributed by atoms with Crippen LogP contribution in [0.2, 0.25) is 0 Å². The smallest absolute Gasteiger partial charge is 0.407 e. The Morgan fingerprint density at radius 3 is 2.11 bits per heavy atom. The van der Waals surface area contributed by atoms with Crippen molar-refractivity contribution in [3.8, 4) is 11.1 Å². The van der Waals surface area contributed by atoms with Crippen LogP contribution in [0.25, 0.3) is 11.1 Å². The molecule has 7 heteroatoms. The second-order valence-corrected chi connectivity index (χ2v) is 10.6. The fourth-order valence-corrected chi connectivity index (χ4v) is 5.32. The minimum Gasteiger partial charge on any atom is -0.481 e. The van der Waals surface area contributed by atoms with Crippen LogP contribution in [-0.2, 0) is 14.3 Å². The van der Waals surface area contributed by atoms with Crippen molar-refractivity contribution in [2.75, 3.05) is 13.2 Å². The number of carboxylic acid groups (broad SMARTS) is 1. The molecule has 0 spiro atoms. The number of hydrogen-bond acceptors (Lipinski definition) is 4. The zero-order valence-electron chi connectivity index (χ0n) is 20.7. The van der Waals surface area contributed by atoms with Crippen molar-refractivity contribution in [2.45, 2.75) is 46.1 Å². The van der Waals surface area contributed by atoms with E-state index in [0.29, 0.717) is 13.0 Å². The lowest BCUT2D eigenvalue weighted by molar-refractivity contribution is -0.139. The number of amides is 2. The van der Waals surface area contributed by atoms with Gasteiger partial charge in [0.25, 0.3) is 0 Å². The van der Waals surface area contributed by atoms with Crippen molar-refractivity contribution in [3.05, 3.63) is 59.7 Å². The molecule has 7 nitrogen and oxygen atoms in total. The molecule has 0 heterocycles. The van der Waals surface area contributed by atoms with Gasteiger partial charge in [0.15, 0.2) is 0 Å². The van der Waals surface area contributed by atoms with Gasteiger partial charge in [-0.05, 0) is 54.4 Å². The summed E-state index contributed by atoms with van der Waals surface area (Å²) in [6, 6.07) is 15.9. The summed E-state index contributed by atoms with van der Waals surface area (Å²) in [5, 5.41) is 14.9. The average molecular weight is 479 g/mol. The Morgan fingerprint density at radius 1 is 1.03 bits per heavy atom. The van der Waals surface area contributed by atoms with E-state index in [-0.39, 0.29) is 36.2 Å². The Morgan fingerprint density at radius 2 is 1.60 bits per heavy atom. The van der Waals surface area contributed by atoms with Gasteiger partial charge < -0.3 is 20.5 Å². The third kappa shape index (κ3) is 5.04. The van der Waals surface area contributed by atoms with Gasteiger partial charge in [0.05, 0.1) is 11.3 Å². The maximum absolute atomic E-state index is 13.0. The zero-order valence-corrected chi connectivity index (χ0v) is 20.7. The molecule has 3 atom stereocenters. The molecule has 1 saturated carbocycles. The van der Waals surface area contributed by atoms with E-state index in [9.17, 15) is 14.4 Å². The first kappa shape index (κ1) is 24.8. The summed E-state index contributed by atoms with van der Waals surface area (Å²) >= 11 is 0. The summed E-state index contributed by atoms with van der Waals surface area (Å²) in [6.07, 6.45) is 0.0290. The highest BCUT2D eigenvalue weighted by atomic mass is 16.5. The molecule has 2 aliphatic carbocycles. The number of carbonyl (C=O) groups excluding carboxylic acids is 2. The third-order valence-electron chi connectivity index (χ3n) is 7.41. The van der Waals surface area contributed by atoms with Gasteiger partial charge in [-0.25, -0.2) is 4.79 Å². The monoisotopic (exact) mass is 478 g/mol. The SMILES string of the molecule is CC(C)C(NC(=O)OCC1c2ccccc2-c2ccccc21)C(C)(C)C(=O)NC[C@H]1C[C@H]1C(=O)O. The number of alkyl carbamates (subject to hydrolysis) is 1. The molecule has 35 heavy (non-hydrogen) atoms. The number of nitrogens with one attached hydrogen (secondary N) is 2. The van der Waals surface area contributed by atoms with E-state index < -0.39 is 23.5 Å². The van der Waals surface area contributed by atoms with Gasteiger partial charge >= 0.3 is 12.1 Å². The summed E-state index contributed by atoms with van der Waals surface area (Å²) in [6.45, 7) is 8.01. The van der Waals surface area contributed by atoms with Gasteiger partial charge in [-0.3, -0.25) is 9.59 Å². The number of hydrogen-bond donors (Lipinski definition) is 3. The first-order valence-electron chi connectivity index (χ1n) is 12.2. The third-order valence-corrected chi connectivity index (χ3v) is 7.41. The average Bonchev–Trinajstić information content (AvgIpc) is 3.55. The van der Waals surface area contributed by atoms with Crippen molar-refractivity contribution in [1.82, 2.24) is 10.6 Å². The van der Waals surface area contributed by atoms with Crippen LogP contribution in [0.4, 0.5) is 4.79 Å². The Balaban J connectivity index is 1.38. The molecule has 2 aromatic rings. The standard InChI is InChI=1S/C28H34N2O5/c1-16(2)24(28(3,4)26(33)29-14-17-13-22(17)25(31)32)30-27(34)35-15-23-20-11-7-5-9-18(20)19-10-6-8-12-21(19)23/h5-12,16-17,22-24H,13-15H2,1-4H3,(H,29,33)(H,30,34)(H,31,32)/t17-,22-,24?/m1/s1. The highest BCUT2D eigenvalue weighted by Crippen LogP contribution is 2.44. The number of ether oxygens (including phenoxy) is 1. The molecule has 1 fully saturated rings. The molecule has 1 unspecified atom stereocenters. The largest absolute Gasteiger partial charge is 0.481 e. The maximum Gasteiger partial charge on any atom is 0.407 e. The molecule has 0 aliphatic heterocycles. The van der Waals surface area contributed by atoms with Crippen LogP contribution in [0.15, 0.2) is 48.5 Å². The first-order chi connectivity index (χ1) is 16.6. The summed E-state index contributed by atoms with van der Waals surface area (Å²) < 4.78 is 5.70. The van der Waals surface area contributed by atoms with Gasteiger partial charge in [-0.15, -0.1) is 0 Å². The van der Waals surface area contributed by atoms with Gasteiger partial charge in [-0.2, -0.15) is 0 Å². The van der Waals surface area contributed by atoms with Crippen LogP contribution < -0.4 is 10.6 Å². The minimum absolute atomic E-state index is 0.0241. The number of benzene rings is 2. The number of rotatable bonds is 9. The Bertz CT molecular complexity index is 1080. The van der Waals surface area contributed by atoms with Crippen molar-refractivity contribution in [2.24, 2.45) is 23.2 Å². The van der Waals surface area contributed by atoms with Gasteiger partial charge in [0, 0.05) is 18.5 Å². The molecule has 0 saturated heterocycles. The number of aliphatic carboxylic acids is 1. The van der Waals surface area contributed by atoms with E-state index in [0.717, 1.165) is 22.3 Å². The summed E-state index contributed by atoms with van der Waals surface area (Å²) in [4.78, 5) is 36.9. The molecular weight excluding hydrogens is 444 g/mol. The summed E-state index contributed by atoms with van der Waals surface area (Å²) in [7, 11) is 0. The lowest BCUT2D eigenvalue weighted by Gasteiger charge is -2.36. The molecule has 0 bridgehead atoms. The lowest BCUT2D eigenvalue weighted by Crippen LogP contribution is -2.55. The van der Waals surface area contributed by atoms with E-state index >= 15 is 0 Å². The predicted octanol–water partition coefficient (Wildman–Crippen LogP) is 4.41. The van der Waals surface area contributed by atoms with Crippen LogP contribution >= 0.6 is 0 Å². The van der Waals surface area contributed by atoms with Gasteiger partial charge in [-0.1, -0.05) is 62.4 Å². The van der Waals surface area contributed by atoms with Crippen LogP contribution in [0, 0.1) is 23.2 Å². The highest BCUT2D eigenvalue weighted by Gasteiger charge is 2.45. The number of carbonyl (C=O) groups is 3. The van der Waals surface area contributed by atoms with Crippen molar-refractivity contribution < 1.29 is 24.2 Å². The van der Waals surface area contributed by atoms with Crippen LogP contribution in [0.3, 0.4) is 0 Å². The second-order valence-electron chi connectivity index (χ2n) is 10.6. The Labute approximate surface area is 206 Å². The van der Waals surface area contributed by atoms with E-state index in [1.165, 1.54) is 0 Å². The Hall–Kier alpha value is -3.35. The molecule has 3 N–H and O–H groups in total. The number of fused-ring (bicyclic) bond motifs is 3. The summed E-state index contributed by atoms with van der Waals surface area (Å²) in [5.41, 5.74) is 3.70. The van der Waals surface area contributed by atoms with E-state index in [1.807, 2.05) is 38.1 Å². The zero-order chi connectivity index (χ0) is 25.3. The van der Waals surface area contributed by atoms with Crippen molar-refractivity contribution in [1.29, 1.82) is 0 Å². The van der Waals surface area contributed by atoms with E-state index in [1.54, 1.807) is 13.8 Å². The van der Waals surface area contributed by atoms with Crippen LogP contribution in [0.1, 0.15) is 51.2 Å². The number of carboxylic acids is 1. The molecule has 186 valence electrons. The molecular formula is C28H34N2O5. The molecule has 2 amide bonds. The van der Waals surface area contributed by atoms with Gasteiger partial charge in [0.1, 0.15) is 6.61 Å². The molecule has 0 radical (unpaired) electrons. The molecule has 2 aliphatic rings. The molecule has 0 aromatic heterocycles. The van der Waals surface area contributed by atoms with E-state index in [4.69, 9.17) is 9.84 Å². The van der Waals surface area contributed by atoms with Crippen molar-refractivity contribution >= 4 is 18.0 Å². The topological polar surface area (TPSA) is 105 Å². The fourth-order valence-electron chi connectivity index (χ4n) is 5.32. The predicted molar refractivity (Wildman–Crippen MR) is 133 cm³/mol. The Kier molecular flexibility index (Phi) is 6.88. The molecule has 2 aromatic carbocycles.